The lowest BCUT2D eigenvalue weighted by molar-refractivity contribution is 0.0897. The minimum atomic E-state index is -0.448. The van der Waals surface area contributed by atoms with Gasteiger partial charge in [-0.15, -0.1) is 0 Å². The molecule has 0 fully saturated rings. The standard InChI is InChI=1S/C10H12BrFO2/c11-9-2-1-3-10(8-9)14-7-6-13-5-4-12/h1-3,8H,4-7H2. The van der Waals surface area contributed by atoms with E-state index in [0.29, 0.717) is 13.2 Å². The van der Waals surface area contributed by atoms with Crippen LogP contribution in [0.5, 0.6) is 5.75 Å². The Balaban J connectivity index is 2.18. The van der Waals surface area contributed by atoms with Gasteiger partial charge in [-0.1, -0.05) is 22.0 Å². The maximum atomic E-state index is 11.6. The van der Waals surface area contributed by atoms with Gasteiger partial charge in [-0.05, 0) is 18.2 Å². The molecule has 0 aliphatic carbocycles. The van der Waals surface area contributed by atoms with Gasteiger partial charge in [0.25, 0.3) is 0 Å². The Morgan fingerprint density at radius 1 is 1.21 bits per heavy atom. The minimum Gasteiger partial charge on any atom is -0.491 e. The lowest BCUT2D eigenvalue weighted by atomic mass is 10.3. The molecule has 0 spiro atoms. The fourth-order valence-electron chi connectivity index (χ4n) is 0.932. The number of rotatable bonds is 6. The molecule has 0 aliphatic heterocycles. The van der Waals surface area contributed by atoms with Crippen molar-refractivity contribution in [1.29, 1.82) is 0 Å². The monoisotopic (exact) mass is 262 g/mol. The van der Waals surface area contributed by atoms with E-state index in [-0.39, 0.29) is 6.61 Å². The van der Waals surface area contributed by atoms with Crippen LogP contribution in [0.15, 0.2) is 28.7 Å². The first kappa shape index (κ1) is 11.5. The molecule has 1 aromatic carbocycles. The normalized spacial score (nSPS) is 10.1. The van der Waals surface area contributed by atoms with Crippen LogP contribution >= 0.6 is 15.9 Å². The molecule has 2 nitrogen and oxygen atoms in total. The van der Waals surface area contributed by atoms with Crippen LogP contribution in [0.1, 0.15) is 0 Å². The van der Waals surface area contributed by atoms with Gasteiger partial charge in [-0.3, -0.25) is 0 Å². The Morgan fingerprint density at radius 2 is 2.07 bits per heavy atom. The van der Waals surface area contributed by atoms with Crippen molar-refractivity contribution in [2.75, 3.05) is 26.5 Å². The highest BCUT2D eigenvalue weighted by Crippen LogP contribution is 2.17. The van der Waals surface area contributed by atoms with E-state index >= 15 is 0 Å². The van der Waals surface area contributed by atoms with Crippen molar-refractivity contribution in [2.24, 2.45) is 0 Å². The first-order valence-electron chi connectivity index (χ1n) is 4.35. The fourth-order valence-corrected chi connectivity index (χ4v) is 1.31. The summed E-state index contributed by atoms with van der Waals surface area (Å²) in [6.45, 7) is 0.547. The van der Waals surface area contributed by atoms with Crippen molar-refractivity contribution >= 4 is 15.9 Å². The molecule has 4 heteroatoms. The highest BCUT2D eigenvalue weighted by molar-refractivity contribution is 9.10. The summed E-state index contributed by atoms with van der Waals surface area (Å²) < 4.78 is 22.9. The van der Waals surface area contributed by atoms with Gasteiger partial charge in [0.05, 0.1) is 13.2 Å². The predicted molar refractivity (Wildman–Crippen MR) is 56.4 cm³/mol. The Hall–Kier alpha value is -0.610. The molecular formula is C10H12BrFO2. The molecule has 14 heavy (non-hydrogen) atoms. The smallest absolute Gasteiger partial charge is 0.120 e. The second-order valence-electron chi connectivity index (χ2n) is 2.61. The number of hydrogen-bond donors (Lipinski definition) is 0. The molecule has 0 heterocycles. The van der Waals surface area contributed by atoms with Gasteiger partial charge in [-0.25, -0.2) is 4.39 Å². The van der Waals surface area contributed by atoms with Crippen LogP contribution in [0.3, 0.4) is 0 Å². The summed E-state index contributed by atoms with van der Waals surface area (Å²) >= 11 is 3.34. The quantitative estimate of drug-likeness (QED) is 0.735. The Bertz CT molecular complexity index is 268. The molecule has 0 aromatic heterocycles. The lowest BCUT2D eigenvalue weighted by Crippen LogP contribution is -2.08. The van der Waals surface area contributed by atoms with Gasteiger partial charge >= 0.3 is 0 Å². The van der Waals surface area contributed by atoms with Crippen molar-refractivity contribution in [3.05, 3.63) is 28.7 Å². The zero-order valence-electron chi connectivity index (χ0n) is 7.71. The van der Waals surface area contributed by atoms with Crippen molar-refractivity contribution in [3.63, 3.8) is 0 Å². The second-order valence-corrected chi connectivity index (χ2v) is 3.52. The summed E-state index contributed by atoms with van der Waals surface area (Å²) in [6.07, 6.45) is 0. The first-order valence-corrected chi connectivity index (χ1v) is 5.14. The summed E-state index contributed by atoms with van der Waals surface area (Å²) in [5.41, 5.74) is 0. The number of ether oxygens (including phenoxy) is 2. The maximum Gasteiger partial charge on any atom is 0.120 e. The van der Waals surface area contributed by atoms with Crippen LogP contribution in [-0.2, 0) is 4.74 Å². The summed E-state index contributed by atoms with van der Waals surface area (Å²) in [4.78, 5) is 0. The molecule has 78 valence electrons. The second kappa shape index (κ2) is 6.79. The third-order valence-corrected chi connectivity index (χ3v) is 2.01. The molecular weight excluding hydrogens is 251 g/mol. The highest BCUT2D eigenvalue weighted by atomic mass is 79.9. The molecule has 0 N–H and O–H groups in total. The summed E-state index contributed by atoms with van der Waals surface area (Å²) in [5.74, 6) is 0.781. The van der Waals surface area contributed by atoms with Crippen LogP contribution in [-0.4, -0.2) is 26.5 Å². The number of alkyl halides is 1. The van der Waals surface area contributed by atoms with E-state index in [0.717, 1.165) is 10.2 Å². The van der Waals surface area contributed by atoms with Crippen LogP contribution in [0.2, 0.25) is 0 Å². The van der Waals surface area contributed by atoms with E-state index in [9.17, 15) is 4.39 Å². The summed E-state index contributed by atoms with van der Waals surface area (Å²) in [5, 5.41) is 0. The van der Waals surface area contributed by atoms with Crippen molar-refractivity contribution in [3.8, 4) is 5.75 Å². The van der Waals surface area contributed by atoms with Crippen LogP contribution in [0.4, 0.5) is 4.39 Å². The maximum absolute atomic E-state index is 11.6. The third kappa shape index (κ3) is 4.58. The van der Waals surface area contributed by atoms with E-state index in [4.69, 9.17) is 9.47 Å². The van der Waals surface area contributed by atoms with Crippen LogP contribution < -0.4 is 4.74 Å². The van der Waals surface area contributed by atoms with Gasteiger partial charge in [0.1, 0.15) is 19.0 Å². The van der Waals surface area contributed by atoms with E-state index in [2.05, 4.69) is 15.9 Å². The average molecular weight is 263 g/mol. The van der Waals surface area contributed by atoms with Crippen LogP contribution in [0, 0.1) is 0 Å². The van der Waals surface area contributed by atoms with Crippen LogP contribution in [0.25, 0.3) is 0 Å². The molecule has 0 aliphatic rings. The highest BCUT2D eigenvalue weighted by Gasteiger charge is 1.94. The van der Waals surface area contributed by atoms with E-state index in [1.807, 2.05) is 24.3 Å². The lowest BCUT2D eigenvalue weighted by Gasteiger charge is -2.06. The summed E-state index contributed by atoms with van der Waals surface area (Å²) in [7, 11) is 0. The Kier molecular flexibility index (Phi) is 5.56. The topological polar surface area (TPSA) is 18.5 Å². The van der Waals surface area contributed by atoms with E-state index < -0.39 is 6.67 Å². The minimum absolute atomic E-state index is 0.141. The van der Waals surface area contributed by atoms with Gasteiger partial charge < -0.3 is 9.47 Å². The number of halogens is 2. The molecule has 0 atom stereocenters. The van der Waals surface area contributed by atoms with Gasteiger partial charge in [0, 0.05) is 4.47 Å². The third-order valence-electron chi connectivity index (χ3n) is 1.51. The van der Waals surface area contributed by atoms with Gasteiger partial charge in [0.2, 0.25) is 0 Å². The molecule has 1 rings (SSSR count). The van der Waals surface area contributed by atoms with Gasteiger partial charge in [-0.2, -0.15) is 0 Å². The van der Waals surface area contributed by atoms with Gasteiger partial charge in [0.15, 0.2) is 0 Å². The largest absolute Gasteiger partial charge is 0.491 e. The molecule has 0 bridgehead atoms. The fraction of sp³-hybridized carbons (Fsp3) is 0.400. The average Bonchev–Trinajstić information content (AvgIpc) is 2.18. The molecule has 0 unspecified atom stereocenters. The summed E-state index contributed by atoms with van der Waals surface area (Å²) in [6, 6.07) is 7.55. The number of hydrogen-bond acceptors (Lipinski definition) is 2. The molecule has 0 saturated heterocycles. The SMILES string of the molecule is FCCOCCOc1cccc(Br)c1. The molecule has 0 saturated carbocycles. The van der Waals surface area contributed by atoms with Crippen molar-refractivity contribution in [2.45, 2.75) is 0 Å². The van der Waals surface area contributed by atoms with Crippen molar-refractivity contribution < 1.29 is 13.9 Å². The molecule has 1 aromatic rings. The van der Waals surface area contributed by atoms with Crippen molar-refractivity contribution in [1.82, 2.24) is 0 Å². The zero-order valence-corrected chi connectivity index (χ0v) is 9.30. The Labute approximate surface area is 91.2 Å². The zero-order chi connectivity index (χ0) is 10.2. The van der Waals surface area contributed by atoms with E-state index in [1.165, 1.54) is 0 Å². The first-order chi connectivity index (χ1) is 6.83. The Morgan fingerprint density at radius 3 is 2.79 bits per heavy atom. The predicted octanol–water partition coefficient (Wildman–Crippen LogP) is 2.81. The molecule has 0 radical (unpaired) electrons. The molecule has 0 amide bonds. The van der Waals surface area contributed by atoms with E-state index in [1.54, 1.807) is 0 Å². The number of benzene rings is 1.